The van der Waals surface area contributed by atoms with E-state index in [2.05, 4.69) is 5.32 Å². The van der Waals surface area contributed by atoms with Gasteiger partial charge in [0.05, 0.1) is 0 Å². The van der Waals surface area contributed by atoms with Gasteiger partial charge in [-0.2, -0.15) is 0 Å². The molecule has 13 heavy (non-hydrogen) atoms. The van der Waals surface area contributed by atoms with E-state index in [9.17, 15) is 4.79 Å². The van der Waals surface area contributed by atoms with Gasteiger partial charge in [0.15, 0.2) is 0 Å². The van der Waals surface area contributed by atoms with E-state index in [-0.39, 0.29) is 5.91 Å². The van der Waals surface area contributed by atoms with Crippen molar-refractivity contribution in [3.8, 4) is 0 Å². The summed E-state index contributed by atoms with van der Waals surface area (Å²) in [6, 6.07) is 7.68. The lowest BCUT2D eigenvalue weighted by Gasteiger charge is -2.06. The van der Waals surface area contributed by atoms with Crippen molar-refractivity contribution in [2.75, 3.05) is 6.54 Å². The van der Waals surface area contributed by atoms with E-state index in [0.717, 1.165) is 11.6 Å². The average molecular weight is 196 g/mol. The van der Waals surface area contributed by atoms with E-state index in [1.165, 1.54) is 5.56 Å². The number of halogens is 1. The number of rotatable bonds is 1. The first-order valence-corrected chi connectivity index (χ1v) is 4.65. The number of hydrogen-bond acceptors (Lipinski definition) is 1. The molecule has 0 spiro atoms. The van der Waals surface area contributed by atoms with E-state index in [1.807, 2.05) is 24.3 Å². The molecule has 0 saturated carbocycles. The van der Waals surface area contributed by atoms with Crippen molar-refractivity contribution >= 4 is 17.5 Å². The molecule has 0 unspecified atom stereocenters. The van der Waals surface area contributed by atoms with Gasteiger partial charge in [0.1, 0.15) is 0 Å². The van der Waals surface area contributed by atoms with Crippen molar-refractivity contribution in [1.82, 2.24) is 5.32 Å². The number of carbonyl (C=O) groups is 1. The first-order chi connectivity index (χ1) is 6.25. The summed E-state index contributed by atoms with van der Waals surface area (Å²) in [6.07, 6.45) is 0.599. The molecule has 1 aliphatic rings. The highest BCUT2D eigenvalue weighted by Gasteiger charge is 2.22. The van der Waals surface area contributed by atoms with Gasteiger partial charge in [-0.1, -0.05) is 23.7 Å². The molecule has 0 bridgehead atoms. The topological polar surface area (TPSA) is 29.1 Å². The minimum absolute atomic E-state index is 0.139. The van der Waals surface area contributed by atoms with E-state index in [4.69, 9.17) is 11.6 Å². The standard InChI is InChI=1S/C10H10ClNO/c11-9-3-1-7(2-4-9)8-5-10(13)12-6-8/h1-4,8H,5-6H2,(H,12,13)/t8-/m1/s1. The summed E-state index contributed by atoms with van der Waals surface area (Å²) in [7, 11) is 0. The largest absolute Gasteiger partial charge is 0.355 e. The van der Waals surface area contributed by atoms with Crippen LogP contribution >= 0.6 is 11.6 Å². The van der Waals surface area contributed by atoms with Gasteiger partial charge in [-0.25, -0.2) is 0 Å². The van der Waals surface area contributed by atoms with Crippen molar-refractivity contribution in [2.45, 2.75) is 12.3 Å². The summed E-state index contributed by atoms with van der Waals surface area (Å²) in [4.78, 5) is 11.0. The van der Waals surface area contributed by atoms with Crippen molar-refractivity contribution in [3.63, 3.8) is 0 Å². The highest BCUT2D eigenvalue weighted by molar-refractivity contribution is 6.30. The van der Waals surface area contributed by atoms with E-state index in [0.29, 0.717) is 12.3 Å². The third kappa shape index (κ3) is 1.83. The summed E-state index contributed by atoms with van der Waals surface area (Å²) in [5.74, 6) is 0.463. The lowest BCUT2D eigenvalue weighted by atomic mass is 9.99. The van der Waals surface area contributed by atoms with Crippen LogP contribution in [0.25, 0.3) is 0 Å². The SMILES string of the molecule is O=C1C[C@@H](c2ccc(Cl)cc2)CN1. The molecule has 1 amide bonds. The van der Waals surface area contributed by atoms with Crippen LogP contribution < -0.4 is 5.32 Å². The van der Waals surface area contributed by atoms with Gasteiger partial charge in [-0.05, 0) is 17.7 Å². The molecule has 1 N–H and O–H groups in total. The summed E-state index contributed by atoms with van der Waals surface area (Å²) in [5, 5.41) is 3.55. The fourth-order valence-corrected chi connectivity index (χ4v) is 1.70. The van der Waals surface area contributed by atoms with Gasteiger partial charge in [-0.15, -0.1) is 0 Å². The van der Waals surface area contributed by atoms with Crippen LogP contribution in [-0.2, 0) is 4.79 Å². The summed E-state index contributed by atoms with van der Waals surface area (Å²) >= 11 is 5.76. The predicted octanol–water partition coefficient (Wildman–Crippen LogP) is 1.94. The van der Waals surface area contributed by atoms with Gasteiger partial charge < -0.3 is 5.32 Å². The van der Waals surface area contributed by atoms with Crippen LogP contribution in [0.2, 0.25) is 5.02 Å². The van der Waals surface area contributed by atoms with E-state index in [1.54, 1.807) is 0 Å². The Kier molecular flexibility index (Phi) is 2.23. The minimum Gasteiger partial charge on any atom is -0.355 e. The Balaban J connectivity index is 2.17. The lowest BCUT2D eigenvalue weighted by Crippen LogP contribution is -2.13. The maximum Gasteiger partial charge on any atom is 0.220 e. The maximum absolute atomic E-state index is 11.0. The quantitative estimate of drug-likeness (QED) is 0.729. The molecule has 2 rings (SSSR count). The molecule has 3 heteroatoms. The second-order valence-electron chi connectivity index (χ2n) is 3.26. The Morgan fingerprint density at radius 2 is 2.00 bits per heavy atom. The number of carbonyl (C=O) groups excluding carboxylic acids is 1. The number of benzene rings is 1. The van der Waals surface area contributed by atoms with Crippen LogP contribution in [0, 0.1) is 0 Å². The van der Waals surface area contributed by atoms with Crippen molar-refractivity contribution in [2.24, 2.45) is 0 Å². The number of nitrogens with one attached hydrogen (secondary N) is 1. The normalized spacial score (nSPS) is 21.6. The minimum atomic E-state index is 0.139. The maximum atomic E-state index is 11.0. The van der Waals surface area contributed by atoms with Gasteiger partial charge in [-0.3, -0.25) is 4.79 Å². The molecule has 1 fully saturated rings. The molecule has 1 aromatic carbocycles. The summed E-state index contributed by atoms with van der Waals surface area (Å²) in [5.41, 5.74) is 1.18. The first kappa shape index (κ1) is 8.57. The van der Waals surface area contributed by atoms with Crippen LogP contribution in [-0.4, -0.2) is 12.5 Å². The van der Waals surface area contributed by atoms with Gasteiger partial charge in [0.25, 0.3) is 0 Å². The fourth-order valence-electron chi connectivity index (χ4n) is 1.58. The van der Waals surface area contributed by atoms with Gasteiger partial charge in [0, 0.05) is 23.9 Å². The highest BCUT2D eigenvalue weighted by atomic mass is 35.5. The monoisotopic (exact) mass is 195 g/mol. The molecule has 2 nitrogen and oxygen atoms in total. The Morgan fingerprint density at radius 3 is 2.54 bits per heavy atom. The van der Waals surface area contributed by atoms with Crippen LogP contribution in [0.15, 0.2) is 24.3 Å². The summed E-state index contributed by atoms with van der Waals surface area (Å²) < 4.78 is 0. The highest BCUT2D eigenvalue weighted by Crippen LogP contribution is 2.23. The van der Waals surface area contributed by atoms with E-state index < -0.39 is 0 Å². The Morgan fingerprint density at radius 1 is 1.31 bits per heavy atom. The molecular weight excluding hydrogens is 186 g/mol. The van der Waals surface area contributed by atoms with Crippen LogP contribution in [0.5, 0.6) is 0 Å². The molecule has 1 atom stereocenters. The Hall–Kier alpha value is -1.02. The number of amides is 1. The smallest absolute Gasteiger partial charge is 0.220 e. The third-order valence-corrected chi connectivity index (χ3v) is 2.57. The van der Waals surface area contributed by atoms with Crippen molar-refractivity contribution in [1.29, 1.82) is 0 Å². The summed E-state index contributed by atoms with van der Waals surface area (Å²) in [6.45, 7) is 0.750. The van der Waals surface area contributed by atoms with Crippen LogP contribution in [0.4, 0.5) is 0 Å². The first-order valence-electron chi connectivity index (χ1n) is 4.28. The Bertz CT molecular complexity index is 320. The molecule has 1 saturated heterocycles. The van der Waals surface area contributed by atoms with Crippen molar-refractivity contribution < 1.29 is 4.79 Å². The molecule has 0 aromatic heterocycles. The zero-order valence-corrected chi connectivity index (χ0v) is 7.84. The van der Waals surface area contributed by atoms with Crippen LogP contribution in [0.1, 0.15) is 17.9 Å². The average Bonchev–Trinajstić information content (AvgIpc) is 2.53. The fraction of sp³-hybridized carbons (Fsp3) is 0.300. The molecule has 1 heterocycles. The molecule has 1 aliphatic heterocycles. The molecule has 0 aliphatic carbocycles. The zero-order valence-electron chi connectivity index (χ0n) is 7.09. The van der Waals surface area contributed by atoms with Crippen LogP contribution in [0.3, 0.4) is 0 Å². The zero-order chi connectivity index (χ0) is 9.26. The molecular formula is C10H10ClNO. The number of hydrogen-bond donors (Lipinski definition) is 1. The predicted molar refractivity (Wildman–Crippen MR) is 51.8 cm³/mol. The molecule has 0 radical (unpaired) electrons. The Labute approximate surface area is 81.9 Å². The molecule has 68 valence electrons. The molecule has 1 aromatic rings. The van der Waals surface area contributed by atoms with Gasteiger partial charge >= 0.3 is 0 Å². The second kappa shape index (κ2) is 3.38. The van der Waals surface area contributed by atoms with Crippen molar-refractivity contribution in [3.05, 3.63) is 34.9 Å². The second-order valence-corrected chi connectivity index (χ2v) is 3.69. The van der Waals surface area contributed by atoms with Gasteiger partial charge in [0.2, 0.25) is 5.91 Å². The van der Waals surface area contributed by atoms with E-state index >= 15 is 0 Å². The lowest BCUT2D eigenvalue weighted by molar-refractivity contribution is -0.119. The third-order valence-electron chi connectivity index (χ3n) is 2.32.